The Morgan fingerprint density at radius 1 is 1.03 bits per heavy atom. The molecule has 0 aliphatic carbocycles. The van der Waals surface area contributed by atoms with Crippen LogP contribution in [0.15, 0.2) is 54.6 Å². The first-order valence-corrected chi connectivity index (χ1v) is 9.49. The SMILES string of the molecule is COc1ccc(CNc2ccc(Cl)cc2C(O)c2cccc(F)c2C)c(OC)c1. The highest BCUT2D eigenvalue weighted by molar-refractivity contribution is 6.30. The van der Waals surface area contributed by atoms with E-state index in [2.05, 4.69) is 5.32 Å². The van der Waals surface area contributed by atoms with Crippen molar-refractivity contribution in [1.29, 1.82) is 0 Å². The molecule has 3 rings (SSSR count). The molecule has 4 nitrogen and oxygen atoms in total. The van der Waals surface area contributed by atoms with Crippen molar-refractivity contribution in [3.63, 3.8) is 0 Å². The molecular weight excluding hydrogens is 393 g/mol. The molecule has 3 aromatic rings. The molecule has 0 aliphatic heterocycles. The summed E-state index contributed by atoms with van der Waals surface area (Å²) in [5.41, 5.74) is 3.09. The Bertz CT molecular complexity index is 1010. The number of hydrogen-bond acceptors (Lipinski definition) is 4. The zero-order chi connectivity index (χ0) is 21.0. The number of ether oxygens (including phenoxy) is 2. The van der Waals surface area contributed by atoms with E-state index in [1.54, 1.807) is 51.5 Å². The summed E-state index contributed by atoms with van der Waals surface area (Å²) >= 11 is 6.17. The predicted molar refractivity (Wildman–Crippen MR) is 114 cm³/mol. The van der Waals surface area contributed by atoms with E-state index in [1.165, 1.54) is 6.07 Å². The monoisotopic (exact) mass is 415 g/mol. The van der Waals surface area contributed by atoms with Gasteiger partial charge in [-0.3, -0.25) is 0 Å². The first-order chi connectivity index (χ1) is 13.9. The lowest BCUT2D eigenvalue weighted by atomic mass is 9.96. The maximum atomic E-state index is 14.0. The van der Waals surface area contributed by atoms with Crippen molar-refractivity contribution in [1.82, 2.24) is 0 Å². The molecule has 0 aliphatic rings. The maximum Gasteiger partial charge on any atom is 0.127 e. The normalized spacial score (nSPS) is 11.8. The van der Waals surface area contributed by atoms with Crippen molar-refractivity contribution in [2.24, 2.45) is 0 Å². The van der Waals surface area contributed by atoms with Crippen molar-refractivity contribution >= 4 is 17.3 Å². The van der Waals surface area contributed by atoms with E-state index >= 15 is 0 Å². The van der Waals surface area contributed by atoms with Crippen LogP contribution in [0.1, 0.15) is 28.4 Å². The molecule has 0 amide bonds. The quantitative estimate of drug-likeness (QED) is 0.535. The second-order valence-corrected chi connectivity index (χ2v) is 7.06. The molecule has 0 aromatic heterocycles. The summed E-state index contributed by atoms with van der Waals surface area (Å²) in [5.74, 6) is 1.03. The molecule has 0 bridgehead atoms. The van der Waals surface area contributed by atoms with E-state index in [9.17, 15) is 9.50 Å². The van der Waals surface area contributed by atoms with E-state index < -0.39 is 6.10 Å². The molecule has 29 heavy (non-hydrogen) atoms. The molecule has 152 valence electrons. The fraction of sp³-hybridized carbons (Fsp3) is 0.217. The van der Waals surface area contributed by atoms with Crippen molar-refractivity contribution < 1.29 is 19.0 Å². The van der Waals surface area contributed by atoms with E-state index in [-0.39, 0.29) is 5.82 Å². The van der Waals surface area contributed by atoms with Crippen LogP contribution < -0.4 is 14.8 Å². The highest BCUT2D eigenvalue weighted by Gasteiger charge is 2.19. The summed E-state index contributed by atoms with van der Waals surface area (Å²) in [6.07, 6.45) is -1.02. The third-order valence-corrected chi connectivity index (χ3v) is 5.11. The largest absolute Gasteiger partial charge is 0.497 e. The molecule has 6 heteroatoms. The molecule has 1 atom stereocenters. The summed E-state index contributed by atoms with van der Waals surface area (Å²) in [7, 11) is 3.20. The van der Waals surface area contributed by atoms with Gasteiger partial charge in [0.1, 0.15) is 23.4 Å². The summed E-state index contributed by atoms with van der Waals surface area (Å²) in [4.78, 5) is 0. The van der Waals surface area contributed by atoms with Crippen LogP contribution in [0.2, 0.25) is 5.02 Å². The van der Waals surface area contributed by atoms with Gasteiger partial charge >= 0.3 is 0 Å². The highest BCUT2D eigenvalue weighted by atomic mass is 35.5. The number of aliphatic hydroxyl groups is 1. The topological polar surface area (TPSA) is 50.7 Å². The van der Waals surface area contributed by atoms with Crippen LogP contribution in [-0.2, 0) is 6.54 Å². The van der Waals surface area contributed by atoms with Crippen molar-refractivity contribution in [2.75, 3.05) is 19.5 Å². The lowest BCUT2D eigenvalue weighted by molar-refractivity contribution is 0.219. The molecule has 2 N–H and O–H groups in total. The molecule has 1 unspecified atom stereocenters. The van der Waals surface area contributed by atoms with Gasteiger partial charge in [-0.25, -0.2) is 4.39 Å². The predicted octanol–water partition coefficient (Wildman–Crippen LogP) is 5.50. The molecule has 0 radical (unpaired) electrons. The minimum atomic E-state index is -1.02. The summed E-state index contributed by atoms with van der Waals surface area (Å²) in [6, 6.07) is 15.5. The number of rotatable bonds is 7. The third kappa shape index (κ3) is 4.63. The van der Waals surface area contributed by atoms with Crippen molar-refractivity contribution in [3.8, 4) is 11.5 Å². The summed E-state index contributed by atoms with van der Waals surface area (Å²) in [6.45, 7) is 2.10. The number of methoxy groups -OCH3 is 2. The smallest absolute Gasteiger partial charge is 0.127 e. The first-order valence-electron chi connectivity index (χ1n) is 9.12. The van der Waals surface area contributed by atoms with Crippen LogP contribution in [0.3, 0.4) is 0 Å². The van der Waals surface area contributed by atoms with Crippen molar-refractivity contribution in [3.05, 3.63) is 87.7 Å². The molecule has 0 heterocycles. The highest BCUT2D eigenvalue weighted by Crippen LogP contribution is 2.34. The second-order valence-electron chi connectivity index (χ2n) is 6.62. The number of halogens is 2. The zero-order valence-corrected chi connectivity index (χ0v) is 17.3. The van der Waals surface area contributed by atoms with Gasteiger partial charge in [-0.15, -0.1) is 0 Å². The Morgan fingerprint density at radius 2 is 1.83 bits per heavy atom. The van der Waals surface area contributed by atoms with Crippen LogP contribution in [0.5, 0.6) is 11.5 Å². The number of benzene rings is 3. The lowest BCUT2D eigenvalue weighted by Gasteiger charge is -2.20. The Labute approximate surface area is 174 Å². The Hall–Kier alpha value is -2.76. The number of anilines is 1. The minimum Gasteiger partial charge on any atom is -0.497 e. The standard InChI is InChI=1S/C23H23ClFNO3/c1-14-18(5-4-6-20(14)25)23(27)19-11-16(24)8-10-21(19)26-13-15-7-9-17(28-2)12-22(15)29-3/h4-12,23,26-27H,13H2,1-3H3. The van der Waals surface area contributed by atoms with Gasteiger partial charge in [0.25, 0.3) is 0 Å². The van der Waals surface area contributed by atoms with E-state index in [0.29, 0.717) is 45.4 Å². The zero-order valence-electron chi connectivity index (χ0n) is 16.5. The van der Waals surface area contributed by atoms with Gasteiger partial charge < -0.3 is 19.9 Å². The van der Waals surface area contributed by atoms with Crippen LogP contribution >= 0.6 is 11.6 Å². The number of nitrogens with one attached hydrogen (secondary N) is 1. The van der Waals surface area contributed by atoms with E-state index in [0.717, 1.165) is 5.56 Å². The van der Waals surface area contributed by atoms with Crippen LogP contribution in [0.25, 0.3) is 0 Å². The van der Waals surface area contributed by atoms with Crippen LogP contribution in [0.4, 0.5) is 10.1 Å². The Kier molecular flexibility index (Phi) is 6.62. The molecular formula is C23H23ClFNO3. The second kappa shape index (κ2) is 9.16. The van der Waals surface area contributed by atoms with Crippen LogP contribution in [-0.4, -0.2) is 19.3 Å². The number of aliphatic hydroxyl groups excluding tert-OH is 1. The van der Waals surface area contributed by atoms with Gasteiger partial charge in [0.05, 0.1) is 14.2 Å². The minimum absolute atomic E-state index is 0.360. The molecule has 3 aromatic carbocycles. The number of hydrogen-bond donors (Lipinski definition) is 2. The molecule has 0 fully saturated rings. The van der Waals surface area contributed by atoms with Gasteiger partial charge in [0.15, 0.2) is 0 Å². The van der Waals surface area contributed by atoms with Gasteiger partial charge in [-0.05, 0) is 54.4 Å². The van der Waals surface area contributed by atoms with E-state index in [4.69, 9.17) is 21.1 Å². The average Bonchev–Trinajstić information content (AvgIpc) is 2.74. The fourth-order valence-electron chi connectivity index (χ4n) is 3.20. The molecule has 0 saturated carbocycles. The Balaban J connectivity index is 1.91. The first kappa shape index (κ1) is 21.0. The van der Waals surface area contributed by atoms with Gasteiger partial charge in [-0.1, -0.05) is 23.7 Å². The van der Waals surface area contributed by atoms with Crippen LogP contribution in [0, 0.1) is 12.7 Å². The average molecular weight is 416 g/mol. The fourth-order valence-corrected chi connectivity index (χ4v) is 3.38. The van der Waals surface area contributed by atoms with Crippen molar-refractivity contribution in [2.45, 2.75) is 19.6 Å². The summed E-state index contributed by atoms with van der Waals surface area (Å²) in [5, 5.41) is 14.8. The maximum absolute atomic E-state index is 14.0. The van der Waals surface area contributed by atoms with Gasteiger partial charge in [-0.2, -0.15) is 0 Å². The third-order valence-electron chi connectivity index (χ3n) is 4.88. The summed E-state index contributed by atoms with van der Waals surface area (Å²) < 4.78 is 24.6. The molecule has 0 spiro atoms. The van der Waals surface area contributed by atoms with Gasteiger partial charge in [0.2, 0.25) is 0 Å². The lowest BCUT2D eigenvalue weighted by Crippen LogP contribution is -2.09. The molecule has 0 saturated heterocycles. The van der Waals surface area contributed by atoms with Gasteiger partial charge in [0, 0.05) is 34.4 Å². The van der Waals surface area contributed by atoms with E-state index in [1.807, 2.05) is 18.2 Å². The Morgan fingerprint density at radius 3 is 2.55 bits per heavy atom.